The van der Waals surface area contributed by atoms with E-state index in [1.54, 1.807) is 6.07 Å². The summed E-state index contributed by atoms with van der Waals surface area (Å²) in [4.78, 5) is 22.3. The lowest BCUT2D eigenvalue weighted by Gasteiger charge is -2.05. The Morgan fingerprint density at radius 3 is 2.64 bits per heavy atom. The molecule has 2 rings (SSSR count). The highest BCUT2D eigenvalue weighted by molar-refractivity contribution is 9.10. The van der Waals surface area contributed by atoms with E-state index in [4.69, 9.17) is 0 Å². The second kappa shape index (κ2) is 8.08. The number of rotatable bonds is 5. The zero-order chi connectivity index (χ0) is 18.4. The normalized spacial score (nSPS) is 10.8. The Hall–Kier alpha value is -3.18. The third kappa shape index (κ3) is 4.65. The van der Waals surface area contributed by atoms with E-state index >= 15 is 0 Å². The van der Waals surface area contributed by atoms with Crippen LogP contribution >= 0.6 is 15.9 Å². The molecule has 0 spiro atoms. The second-order valence-electron chi connectivity index (χ2n) is 4.97. The van der Waals surface area contributed by atoms with Crippen LogP contribution in [0.25, 0.3) is 6.08 Å². The molecule has 0 saturated carbocycles. The van der Waals surface area contributed by atoms with E-state index in [9.17, 15) is 25.3 Å². The summed E-state index contributed by atoms with van der Waals surface area (Å²) in [5, 5.41) is 32.4. The van der Waals surface area contributed by atoms with Crippen molar-refractivity contribution in [3.63, 3.8) is 0 Å². The molecule has 8 heteroatoms. The van der Waals surface area contributed by atoms with Crippen molar-refractivity contribution in [1.29, 1.82) is 5.26 Å². The van der Waals surface area contributed by atoms with E-state index in [1.807, 2.05) is 30.3 Å². The lowest BCUT2D eigenvalue weighted by atomic mass is 10.1. The van der Waals surface area contributed by atoms with Crippen molar-refractivity contribution < 1.29 is 14.8 Å². The van der Waals surface area contributed by atoms with Crippen molar-refractivity contribution in [3.05, 3.63) is 73.8 Å². The number of aromatic hydroxyl groups is 1. The van der Waals surface area contributed by atoms with Crippen molar-refractivity contribution in [2.75, 3.05) is 0 Å². The van der Waals surface area contributed by atoms with Crippen molar-refractivity contribution >= 4 is 33.6 Å². The van der Waals surface area contributed by atoms with Gasteiger partial charge >= 0.3 is 5.69 Å². The van der Waals surface area contributed by atoms with Gasteiger partial charge in [-0.3, -0.25) is 14.9 Å². The van der Waals surface area contributed by atoms with Crippen LogP contribution in [0.1, 0.15) is 11.1 Å². The Morgan fingerprint density at radius 1 is 1.36 bits per heavy atom. The molecule has 0 unspecified atom stereocenters. The predicted octanol–water partition coefficient (Wildman–Crippen LogP) is 3.29. The first-order chi connectivity index (χ1) is 11.9. The maximum absolute atomic E-state index is 12.1. The molecule has 0 aliphatic heterocycles. The number of amides is 1. The third-order valence-corrected chi connectivity index (χ3v) is 3.84. The highest BCUT2D eigenvalue weighted by Gasteiger charge is 2.18. The number of nitro benzene ring substituents is 1. The molecule has 0 bridgehead atoms. The zero-order valence-corrected chi connectivity index (χ0v) is 14.4. The Labute approximate surface area is 151 Å². The number of nitrogens with one attached hydrogen (secondary N) is 1. The molecule has 0 aliphatic carbocycles. The van der Waals surface area contributed by atoms with E-state index < -0.39 is 22.3 Å². The van der Waals surface area contributed by atoms with Gasteiger partial charge in [0.2, 0.25) is 5.75 Å². The number of carbonyl (C=O) groups excluding carboxylic acids is 1. The first kappa shape index (κ1) is 18.2. The fraction of sp³-hybridized carbons (Fsp3) is 0.0588. The van der Waals surface area contributed by atoms with E-state index in [0.717, 1.165) is 11.6 Å². The lowest BCUT2D eigenvalue weighted by Crippen LogP contribution is -2.23. The second-order valence-corrected chi connectivity index (χ2v) is 5.82. The van der Waals surface area contributed by atoms with Gasteiger partial charge < -0.3 is 10.4 Å². The zero-order valence-electron chi connectivity index (χ0n) is 12.8. The van der Waals surface area contributed by atoms with Gasteiger partial charge in [-0.2, -0.15) is 5.26 Å². The van der Waals surface area contributed by atoms with Crippen molar-refractivity contribution in [1.82, 2.24) is 5.32 Å². The molecule has 0 aliphatic rings. The van der Waals surface area contributed by atoms with Crippen LogP contribution in [0, 0.1) is 21.4 Å². The predicted molar refractivity (Wildman–Crippen MR) is 94.3 cm³/mol. The van der Waals surface area contributed by atoms with Crippen LogP contribution in [0.5, 0.6) is 5.75 Å². The van der Waals surface area contributed by atoms with Crippen LogP contribution < -0.4 is 5.32 Å². The smallest absolute Gasteiger partial charge is 0.312 e. The topological polar surface area (TPSA) is 116 Å². The number of hydrogen-bond acceptors (Lipinski definition) is 5. The quantitative estimate of drug-likeness (QED) is 0.345. The van der Waals surface area contributed by atoms with Crippen LogP contribution in [0.15, 0.2) is 52.5 Å². The SMILES string of the molecule is N#CC(=Cc1cc(Br)c(O)c([N+](=O)[O-])c1)C(=O)NCc1ccccc1. The number of phenols is 1. The number of halogens is 1. The fourth-order valence-electron chi connectivity index (χ4n) is 2.02. The molecule has 1 amide bonds. The van der Waals surface area contributed by atoms with Crippen LogP contribution in [-0.2, 0) is 11.3 Å². The van der Waals surface area contributed by atoms with Gasteiger partial charge in [-0.05, 0) is 39.2 Å². The van der Waals surface area contributed by atoms with Gasteiger partial charge in [-0.25, -0.2) is 0 Å². The van der Waals surface area contributed by atoms with E-state index in [1.165, 1.54) is 12.1 Å². The number of benzene rings is 2. The minimum Gasteiger partial charge on any atom is -0.501 e. The Kier molecular flexibility index (Phi) is 5.87. The molecule has 126 valence electrons. The maximum atomic E-state index is 12.1. The molecular weight excluding hydrogens is 390 g/mol. The summed E-state index contributed by atoms with van der Waals surface area (Å²) in [6.07, 6.45) is 1.22. The Balaban J connectivity index is 2.23. The monoisotopic (exact) mass is 401 g/mol. The number of hydrogen-bond donors (Lipinski definition) is 2. The molecule has 0 fully saturated rings. The molecule has 0 saturated heterocycles. The number of nitro groups is 1. The third-order valence-electron chi connectivity index (χ3n) is 3.23. The molecule has 25 heavy (non-hydrogen) atoms. The minimum absolute atomic E-state index is 0.0925. The number of carbonyl (C=O) groups is 1. The average molecular weight is 402 g/mol. The van der Waals surface area contributed by atoms with Gasteiger partial charge in [-0.15, -0.1) is 0 Å². The first-order valence-corrected chi connectivity index (χ1v) is 7.82. The number of nitrogens with zero attached hydrogens (tertiary/aromatic N) is 2. The van der Waals surface area contributed by atoms with Crippen LogP contribution in [-0.4, -0.2) is 15.9 Å². The molecular formula is C17H12BrN3O4. The van der Waals surface area contributed by atoms with Gasteiger partial charge in [0, 0.05) is 12.6 Å². The summed E-state index contributed by atoms with van der Waals surface area (Å²) in [6.45, 7) is 0.248. The first-order valence-electron chi connectivity index (χ1n) is 7.03. The van der Waals surface area contributed by atoms with Gasteiger partial charge in [0.25, 0.3) is 5.91 Å². The van der Waals surface area contributed by atoms with E-state index in [2.05, 4.69) is 21.2 Å². The highest BCUT2D eigenvalue weighted by atomic mass is 79.9. The lowest BCUT2D eigenvalue weighted by molar-refractivity contribution is -0.386. The minimum atomic E-state index is -0.751. The van der Waals surface area contributed by atoms with Gasteiger partial charge in [-0.1, -0.05) is 30.3 Å². The van der Waals surface area contributed by atoms with Gasteiger partial charge in [0.1, 0.15) is 11.6 Å². The van der Waals surface area contributed by atoms with Crippen molar-refractivity contribution in [3.8, 4) is 11.8 Å². The Morgan fingerprint density at radius 2 is 2.04 bits per heavy atom. The average Bonchev–Trinajstić information content (AvgIpc) is 2.61. The van der Waals surface area contributed by atoms with Crippen molar-refractivity contribution in [2.45, 2.75) is 6.54 Å². The summed E-state index contributed by atoms with van der Waals surface area (Å²) >= 11 is 3.01. The number of nitriles is 1. The summed E-state index contributed by atoms with van der Waals surface area (Å²) in [7, 11) is 0. The van der Waals surface area contributed by atoms with Gasteiger partial charge in [0.15, 0.2) is 0 Å². The summed E-state index contributed by atoms with van der Waals surface area (Å²) < 4.78 is 0.0925. The van der Waals surface area contributed by atoms with E-state index in [-0.39, 0.29) is 22.2 Å². The molecule has 0 radical (unpaired) electrons. The molecule has 2 aromatic rings. The largest absolute Gasteiger partial charge is 0.501 e. The van der Waals surface area contributed by atoms with Crippen molar-refractivity contribution in [2.24, 2.45) is 0 Å². The molecule has 2 aromatic carbocycles. The van der Waals surface area contributed by atoms with Crippen LogP contribution in [0.2, 0.25) is 0 Å². The van der Waals surface area contributed by atoms with Crippen LogP contribution in [0.4, 0.5) is 5.69 Å². The molecule has 2 N–H and O–H groups in total. The number of phenolic OH excluding ortho intramolecular Hbond substituents is 1. The summed E-state index contributed by atoms with van der Waals surface area (Å²) in [5.41, 5.74) is 0.379. The molecule has 7 nitrogen and oxygen atoms in total. The summed E-state index contributed by atoms with van der Waals surface area (Å²) in [5.74, 6) is -1.12. The fourth-order valence-corrected chi connectivity index (χ4v) is 2.48. The standard InChI is InChI=1S/C17H12BrN3O4/c18-14-7-12(8-15(16(14)22)21(24)25)6-13(9-19)17(23)20-10-11-4-2-1-3-5-11/h1-8,22H,10H2,(H,20,23). The highest BCUT2D eigenvalue weighted by Crippen LogP contribution is 2.35. The maximum Gasteiger partial charge on any atom is 0.312 e. The molecule has 0 atom stereocenters. The molecule has 0 heterocycles. The Bertz CT molecular complexity index is 889. The van der Waals surface area contributed by atoms with Gasteiger partial charge in [0.05, 0.1) is 9.40 Å². The van der Waals surface area contributed by atoms with E-state index in [0.29, 0.717) is 0 Å². The molecule has 0 aromatic heterocycles. The summed E-state index contributed by atoms with van der Waals surface area (Å²) in [6, 6.07) is 13.4. The van der Waals surface area contributed by atoms with Crippen LogP contribution in [0.3, 0.4) is 0 Å².